The summed E-state index contributed by atoms with van der Waals surface area (Å²) in [6.07, 6.45) is 5.52. The minimum absolute atomic E-state index is 0.00992. The second-order valence-corrected chi connectivity index (χ2v) is 7.76. The molecule has 2 aromatic heterocycles. The lowest BCUT2D eigenvalue weighted by atomic mass is 10.2. The first kappa shape index (κ1) is 21.7. The normalized spacial score (nSPS) is 10.7. The molecule has 0 saturated carbocycles. The van der Waals surface area contributed by atoms with Crippen LogP contribution in [0, 0.1) is 6.92 Å². The third-order valence-electron chi connectivity index (χ3n) is 4.40. The van der Waals surface area contributed by atoms with Gasteiger partial charge in [-0.05, 0) is 43.7 Å². The van der Waals surface area contributed by atoms with Crippen LogP contribution in [-0.2, 0) is 11.3 Å². The van der Waals surface area contributed by atoms with E-state index in [0.29, 0.717) is 35.3 Å². The van der Waals surface area contributed by atoms with Crippen LogP contribution >= 0.6 is 11.8 Å². The Morgan fingerprint density at radius 2 is 2.07 bits per heavy atom. The van der Waals surface area contributed by atoms with Crippen LogP contribution in [-0.4, -0.2) is 33.7 Å². The second kappa shape index (κ2) is 10.7. The van der Waals surface area contributed by atoms with Gasteiger partial charge >= 0.3 is 0 Å². The van der Waals surface area contributed by atoms with E-state index in [1.54, 1.807) is 18.3 Å². The van der Waals surface area contributed by atoms with E-state index in [-0.39, 0.29) is 11.8 Å². The van der Waals surface area contributed by atoms with Crippen molar-refractivity contribution in [2.75, 3.05) is 12.3 Å². The molecule has 0 saturated heterocycles. The molecule has 0 fully saturated rings. The summed E-state index contributed by atoms with van der Waals surface area (Å²) < 4.78 is 7.35. The van der Waals surface area contributed by atoms with Crippen LogP contribution in [0.4, 0.5) is 0 Å². The first-order valence-corrected chi connectivity index (χ1v) is 10.9. The monoisotopic (exact) mass is 426 g/mol. The number of thioether (sulfide) groups is 1. The summed E-state index contributed by atoms with van der Waals surface area (Å²) in [5, 5.41) is 6.46. The van der Waals surface area contributed by atoms with Gasteiger partial charge in [0, 0.05) is 30.2 Å². The van der Waals surface area contributed by atoms with Gasteiger partial charge in [0.25, 0.3) is 5.91 Å². The molecule has 0 aliphatic rings. The van der Waals surface area contributed by atoms with Crippen molar-refractivity contribution in [2.45, 2.75) is 38.4 Å². The highest BCUT2D eigenvalue weighted by atomic mass is 32.2. The fourth-order valence-corrected chi connectivity index (χ4v) is 3.63. The summed E-state index contributed by atoms with van der Waals surface area (Å²) in [5.41, 5.74) is 1.35. The number of carbonyl (C=O) groups is 2. The molecule has 8 heteroatoms. The molecule has 0 spiro atoms. The molecule has 1 aromatic carbocycles. The van der Waals surface area contributed by atoms with Crippen LogP contribution < -0.4 is 10.6 Å². The van der Waals surface area contributed by atoms with Crippen LogP contribution in [0.1, 0.15) is 41.6 Å². The predicted molar refractivity (Wildman–Crippen MR) is 117 cm³/mol. The zero-order valence-corrected chi connectivity index (χ0v) is 18.0. The average Bonchev–Trinajstić information content (AvgIpc) is 3.39. The van der Waals surface area contributed by atoms with Gasteiger partial charge in [0.1, 0.15) is 11.5 Å². The molecule has 0 unspecified atom stereocenters. The van der Waals surface area contributed by atoms with Crippen molar-refractivity contribution in [3.05, 3.63) is 65.9 Å². The van der Waals surface area contributed by atoms with Crippen molar-refractivity contribution in [1.29, 1.82) is 0 Å². The average molecular weight is 427 g/mol. The van der Waals surface area contributed by atoms with E-state index in [1.807, 2.05) is 42.0 Å². The lowest BCUT2D eigenvalue weighted by Gasteiger charge is -2.10. The maximum absolute atomic E-state index is 12.5. The van der Waals surface area contributed by atoms with Crippen molar-refractivity contribution in [2.24, 2.45) is 0 Å². The van der Waals surface area contributed by atoms with Gasteiger partial charge in [-0.3, -0.25) is 14.2 Å². The number of nitrogens with one attached hydrogen (secondary N) is 2. The van der Waals surface area contributed by atoms with Crippen LogP contribution in [0.5, 0.6) is 0 Å². The number of unbranched alkanes of at least 4 members (excludes halogenated alkanes) is 1. The van der Waals surface area contributed by atoms with Crippen molar-refractivity contribution in [1.82, 2.24) is 20.2 Å². The summed E-state index contributed by atoms with van der Waals surface area (Å²) in [5.74, 6) is 1.62. The number of benzene rings is 1. The van der Waals surface area contributed by atoms with Gasteiger partial charge in [-0.2, -0.15) is 0 Å². The fraction of sp³-hybridized carbons (Fsp3) is 0.318. The number of aromatic nitrogens is 2. The fourth-order valence-electron chi connectivity index (χ4n) is 2.83. The minimum atomic E-state index is -0.185. The number of nitrogens with zero attached hydrogens (tertiary/aromatic N) is 2. The zero-order chi connectivity index (χ0) is 21.3. The van der Waals surface area contributed by atoms with Gasteiger partial charge in [0.2, 0.25) is 5.91 Å². The Labute approximate surface area is 180 Å². The van der Waals surface area contributed by atoms with Crippen molar-refractivity contribution < 1.29 is 14.0 Å². The smallest absolute Gasteiger partial charge is 0.251 e. The Morgan fingerprint density at radius 3 is 2.83 bits per heavy atom. The molecular weight excluding hydrogens is 400 g/mol. The second-order valence-electron chi connectivity index (χ2n) is 6.82. The molecule has 7 nitrogen and oxygen atoms in total. The predicted octanol–water partition coefficient (Wildman–Crippen LogP) is 3.71. The molecule has 3 aromatic rings. The highest BCUT2D eigenvalue weighted by molar-refractivity contribution is 7.99. The maximum Gasteiger partial charge on any atom is 0.251 e. The number of carbonyl (C=O) groups excluding carboxylic acids is 2. The van der Waals surface area contributed by atoms with E-state index >= 15 is 0 Å². The Hall–Kier alpha value is -3.00. The Balaban J connectivity index is 1.62. The number of imidazole rings is 1. The third-order valence-corrected chi connectivity index (χ3v) is 5.36. The Bertz CT molecular complexity index is 996. The number of hydrogen-bond donors (Lipinski definition) is 2. The SMILES string of the molecule is CCCCNC(=O)CSc1nccn1-c1cccc(C(=O)NCc2ccc(C)o2)c1. The number of aryl methyl sites for hydroxylation is 1. The molecule has 2 N–H and O–H groups in total. The van der Waals surface area contributed by atoms with Gasteiger partial charge in [0.05, 0.1) is 12.3 Å². The van der Waals surface area contributed by atoms with Crippen molar-refractivity contribution >= 4 is 23.6 Å². The third kappa shape index (κ3) is 6.00. The number of amides is 2. The summed E-state index contributed by atoms with van der Waals surface area (Å²) in [6, 6.07) is 11.0. The summed E-state index contributed by atoms with van der Waals surface area (Å²) in [6.45, 7) is 4.98. The van der Waals surface area contributed by atoms with Gasteiger partial charge in [-0.15, -0.1) is 0 Å². The van der Waals surface area contributed by atoms with E-state index in [2.05, 4.69) is 22.5 Å². The standard InChI is InChI=1S/C22H26N4O3S/c1-3-4-10-23-20(27)15-30-22-24-11-12-26(22)18-7-5-6-17(13-18)21(28)25-14-19-9-8-16(2)29-19/h5-9,11-13H,3-4,10,14-15H2,1-2H3,(H,23,27)(H,25,28). The van der Waals surface area contributed by atoms with Gasteiger partial charge < -0.3 is 15.1 Å². The topological polar surface area (TPSA) is 89.2 Å². The highest BCUT2D eigenvalue weighted by Gasteiger charge is 2.12. The molecular formula is C22H26N4O3S. The molecule has 3 rings (SSSR count). The van der Waals surface area contributed by atoms with Crippen molar-refractivity contribution in [3.8, 4) is 5.69 Å². The molecule has 30 heavy (non-hydrogen) atoms. The molecule has 158 valence electrons. The molecule has 0 atom stereocenters. The van der Waals surface area contributed by atoms with E-state index in [4.69, 9.17) is 4.42 Å². The minimum Gasteiger partial charge on any atom is -0.465 e. The van der Waals surface area contributed by atoms with Crippen LogP contribution in [0.15, 0.2) is 58.4 Å². The van der Waals surface area contributed by atoms with E-state index < -0.39 is 0 Å². The number of hydrogen-bond acceptors (Lipinski definition) is 5. The van der Waals surface area contributed by atoms with E-state index in [0.717, 1.165) is 24.3 Å². The first-order chi connectivity index (χ1) is 14.6. The van der Waals surface area contributed by atoms with Gasteiger partial charge in [0.15, 0.2) is 5.16 Å². The summed E-state index contributed by atoms with van der Waals surface area (Å²) >= 11 is 1.37. The van der Waals surface area contributed by atoms with E-state index in [9.17, 15) is 9.59 Å². The molecule has 2 amide bonds. The molecule has 0 radical (unpaired) electrons. The first-order valence-electron chi connectivity index (χ1n) is 9.93. The van der Waals surface area contributed by atoms with Gasteiger partial charge in [-0.25, -0.2) is 4.98 Å². The summed E-state index contributed by atoms with van der Waals surface area (Å²) in [7, 11) is 0. The lowest BCUT2D eigenvalue weighted by Crippen LogP contribution is -2.26. The molecule has 2 heterocycles. The Morgan fingerprint density at radius 1 is 1.20 bits per heavy atom. The lowest BCUT2D eigenvalue weighted by molar-refractivity contribution is -0.118. The number of furan rings is 1. The maximum atomic E-state index is 12.5. The summed E-state index contributed by atoms with van der Waals surface area (Å²) in [4.78, 5) is 28.8. The zero-order valence-electron chi connectivity index (χ0n) is 17.2. The Kier molecular flexibility index (Phi) is 7.73. The van der Waals surface area contributed by atoms with Crippen molar-refractivity contribution in [3.63, 3.8) is 0 Å². The van der Waals surface area contributed by atoms with Crippen LogP contribution in [0.25, 0.3) is 5.69 Å². The quantitative estimate of drug-likeness (QED) is 0.381. The van der Waals surface area contributed by atoms with Crippen LogP contribution in [0.2, 0.25) is 0 Å². The molecule has 0 aliphatic heterocycles. The van der Waals surface area contributed by atoms with E-state index in [1.165, 1.54) is 11.8 Å². The molecule has 0 aliphatic carbocycles. The highest BCUT2D eigenvalue weighted by Crippen LogP contribution is 2.21. The molecule has 0 bridgehead atoms. The van der Waals surface area contributed by atoms with Crippen LogP contribution in [0.3, 0.4) is 0 Å². The van der Waals surface area contributed by atoms with Gasteiger partial charge in [-0.1, -0.05) is 31.2 Å². The number of rotatable bonds is 10. The largest absolute Gasteiger partial charge is 0.465 e.